The van der Waals surface area contributed by atoms with Crippen molar-refractivity contribution in [3.63, 3.8) is 0 Å². The van der Waals surface area contributed by atoms with Gasteiger partial charge in [-0.25, -0.2) is 5.43 Å². The second-order valence-electron chi connectivity index (χ2n) is 8.36. The number of nitrogens with one attached hydrogen (secondary N) is 3. The first kappa shape index (κ1) is 18.6. The molecule has 29 heavy (non-hydrogen) atoms. The molecule has 0 bridgehead atoms. The van der Waals surface area contributed by atoms with E-state index in [1.54, 1.807) is 0 Å². The summed E-state index contributed by atoms with van der Waals surface area (Å²) in [5.41, 5.74) is 9.80. The molecule has 0 radical (unpaired) electrons. The molecule has 1 aliphatic carbocycles. The average molecular weight is 393 g/mol. The number of ether oxygens (including phenoxy) is 1. The maximum atomic E-state index is 13.3. The fourth-order valence-electron chi connectivity index (χ4n) is 4.75. The Labute approximate surface area is 170 Å². The number of carbonyl (C=O) groups is 1. The van der Waals surface area contributed by atoms with E-state index in [0.29, 0.717) is 6.54 Å². The van der Waals surface area contributed by atoms with Crippen molar-refractivity contribution in [3.8, 4) is 5.75 Å². The third-order valence-electron chi connectivity index (χ3n) is 6.47. The summed E-state index contributed by atoms with van der Waals surface area (Å²) in [6, 6.07) is 16.2. The fourth-order valence-corrected chi connectivity index (χ4v) is 4.75. The van der Waals surface area contributed by atoms with E-state index in [4.69, 9.17) is 4.74 Å². The van der Waals surface area contributed by atoms with E-state index in [-0.39, 0.29) is 35.9 Å². The Hall–Kier alpha value is -2.41. The molecule has 1 saturated carbocycles. The van der Waals surface area contributed by atoms with Crippen LogP contribution in [0.1, 0.15) is 41.6 Å². The summed E-state index contributed by atoms with van der Waals surface area (Å²) >= 11 is 0. The molecule has 6 nitrogen and oxygen atoms in total. The summed E-state index contributed by atoms with van der Waals surface area (Å²) < 4.78 is 5.63. The highest BCUT2D eigenvalue weighted by molar-refractivity contribution is 5.81. The Morgan fingerprint density at radius 1 is 1.17 bits per heavy atom. The molecule has 0 spiro atoms. The zero-order chi connectivity index (χ0) is 19.8. The smallest absolute Gasteiger partial charge is 0.226 e. The molecule has 2 heterocycles. The molecule has 3 unspecified atom stereocenters. The van der Waals surface area contributed by atoms with Gasteiger partial charge in [0.15, 0.2) is 0 Å². The number of hydrazine groups is 1. The third kappa shape index (κ3) is 3.64. The van der Waals surface area contributed by atoms with Crippen LogP contribution in [-0.2, 0) is 11.2 Å². The van der Waals surface area contributed by atoms with E-state index in [0.717, 1.165) is 42.7 Å². The molecular formula is C23H27N3O3. The number of carbonyl (C=O) groups excluding carboxylic acids is 1. The summed E-state index contributed by atoms with van der Waals surface area (Å²) in [5, 5.41) is 13.2. The van der Waals surface area contributed by atoms with Crippen LogP contribution in [-0.4, -0.2) is 30.3 Å². The van der Waals surface area contributed by atoms with Gasteiger partial charge in [-0.2, -0.15) is 0 Å². The molecule has 3 aliphatic rings. The van der Waals surface area contributed by atoms with Gasteiger partial charge >= 0.3 is 0 Å². The van der Waals surface area contributed by atoms with Crippen molar-refractivity contribution >= 4 is 5.91 Å². The molecule has 0 aromatic heterocycles. The maximum Gasteiger partial charge on any atom is 0.226 e. The van der Waals surface area contributed by atoms with Crippen molar-refractivity contribution in [3.05, 3.63) is 65.2 Å². The zero-order valence-electron chi connectivity index (χ0n) is 16.3. The van der Waals surface area contributed by atoms with Gasteiger partial charge in [0.2, 0.25) is 5.91 Å². The van der Waals surface area contributed by atoms with E-state index >= 15 is 0 Å². The van der Waals surface area contributed by atoms with Gasteiger partial charge in [-0.05, 0) is 47.6 Å². The molecular weight excluding hydrogens is 366 g/mol. The first-order chi connectivity index (χ1) is 14.2. The van der Waals surface area contributed by atoms with Crippen molar-refractivity contribution in [2.24, 2.45) is 11.8 Å². The van der Waals surface area contributed by atoms with E-state index in [1.807, 2.05) is 36.4 Å². The van der Waals surface area contributed by atoms with Crippen molar-refractivity contribution < 1.29 is 14.6 Å². The molecule has 2 fully saturated rings. The number of aliphatic hydroxyl groups excluding tert-OH is 1. The maximum absolute atomic E-state index is 13.3. The Bertz CT molecular complexity index is 882. The molecule has 3 atom stereocenters. The van der Waals surface area contributed by atoms with Crippen LogP contribution in [0.15, 0.2) is 48.5 Å². The highest BCUT2D eigenvalue weighted by Gasteiger charge is 2.39. The Morgan fingerprint density at radius 2 is 2.00 bits per heavy atom. The first-order valence-corrected chi connectivity index (χ1v) is 10.5. The minimum Gasteiger partial charge on any atom is -0.493 e. The molecule has 1 saturated heterocycles. The summed E-state index contributed by atoms with van der Waals surface area (Å²) in [6.45, 7) is 1.31. The van der Waals surface area contributed by atoms with Crippen LogP contribution in [0.3, 0.4) is 0 Å². The first-order valence-electron chi connectivity index (χ1n) is 10.5. The van der Waals surface area contributed by atoms with Gasteiger partial charge in [-0.1, -0.05) is 36.4 Å². The van der Waals surface area contributed by atoms with Gasteiger partial charge in [0.25, 0.3) is 0 Å². The number of amides is 1. The Balaban J connectivity index is 1.37. The normalized spacial score (nSPS) is 28.9. The van der Waals surface area contributed by atoms with Gasteiger partial charge in [-0.3, -0.25) is 10.2 Å². The van der Waals surface area contributed by atoms with Crippen LogP contribution in [0.25, 0.3) is 0 Å². The molecule has 152 valence electrons. The SMILES string of the molecule is O=C(NC(c1ccc2c(c1)CCO2)C1CC(O)C1)C1CNNC1c1ccccc1. The summed E-state index contributed by atoms with van der Waals surface area (Å²) in [5.74, 6) is 1.05. The summed E-state index contributed by atoms with van der Waals surface area (Å²) in [4.78, 5) is 13.3. The standard InChI is InChI=1S/C23H27N3O3/c27-18-11-17(12-18)21(16-6-7-20-15(10-16)8-9-29-20)25-23(28)19-13-24-26-22(19)14-4-2-1-3-5-14/h1-7,10,17-19,21-22,24,26-27H,8-9,11-13H2,(H,25,28). The lowest BCUT2D eigenvalue weighted by atomic mass is 9.74. The Kier molecular flexibility index (Phi) is 4.99. The number of fused-ring (bicyclic) bond motifs is 1. The van der Waals surface area contributed by atoms with Crippen molar-refractivity contribution in [1.29, 1.82) is 0 Å². The average Bonchev–Trinajstić information content (AvgIpc) is 3.39. The predicted molar refractivity (Wildman–Crippen MR) is 109 cm³/mol. The van der Waals surface area contributed by atoms with Crippen LogP contribution in [0.4, 0.5) is 0 Å². The minimum absolute atomic E-state index is 0.0412. The number of rotatable bonds is 5. The lowest BCUT2D eigenvalue weighted by Gasteiger charge is -2.39. The molecule has 6 heteroatoms. The van der Waals surface area contributed by atoms with Crippen molar-refractivity contribution in [2.45, 2.75) is 37.5 Å². The minimum atomic E-state index is -0.260. The van der Waals surface area contributed by atoms with E-state index in [1.165, 1.54) is 5.56 Å². The number of aliphatic hydroxyl groups is 1. The predicted octanol–water partition coefficient (Wildman–Crippen LogP) is 2.01. The van der Waals surface area contributed by atoms with E-state index in [2.05, 4.69) is 28.3 Å². The number of hydrogen-bond acceptors (Lipinski definition) is 5. The highest BCUT2D eigenvalue weighted by atomic mass is 16.5. The van der Waals surface area contributed by atoms with Crippen LogP contribution < -0.4 is 20.9 Å². The van der Waals surface area contributed by atoms with Gasteiger partial charge in [0.05, 0.1) is 30.7 Å². The number of benzene rings is 2. The number of hydrogen-bond donors (Lipinski definition) is 4. The van der Waals surface area contributed by atoms with Crippen molar-refractivity contribution in [2.75, 3.05) is 13.2 Å². The van der Waals surface area contributed by atoms with Crippen LogP contribution in [0.5, 0.6) is 5.75 Å². The van der Waals surface area contributed by atoms with Crippen molar-refractivity contribution in [1.82, 2.24) is 16.2 Å². The molecule has 2 aromatic carbocycles. The van der Waals surface area contributed by atoms with Gasteiger partial charge in [0, 0.05) is 13.0 Å². The highest BCUT2D eigenvalue weighted by Crippen LogP contribution is 2.40. The van der Waals surface area contributed by atoms with Crippen LogP contribution in [0.2, 0.25) is 0 Å². The topological polar surface area (TPSA) is 82.6 Å². The summed E-state index contributed by atoms with van der Waals surface area (Å²) in [7, 11) is 0. The van der Waals surface area contributed by atoms with Gasteiger partial charge in [-0.15, -0.1) is 0 Å². The third-order valence-corrected chi connectivity index (χ3v) is 6.47. The van der Waals surface area contributed by atoms with Gasteiger partial charge in [0.1, 0.15) is 5.75 Å². The van der Waals surface area contributed by atoms with Crippen LogP contribution in [0, 0.1) is 11.8 Å². The Morgan fingerprint density at radius 3 is 2.79 bits per heavy atom. The van der Waals surface area contributed by atoms with Gasteiger partial charge < -0.3 is 15.2 Å². The molecule has 5 rings (SSSR count). The molecule has 2 aromatic rings. The second-order valence-corrected chi connectivity index (χ2v) is 8.36. The van der Waals surface area contributed by atoms with E-state index in [9.17, 15) is 9.90 Å². The quantitative estimate of drug-likeness (QED) is 0.625. The lowest BCUT2D eigenvalue weighted by molar-refractivity contribution is -0.127. The van der Waals surface area contributed by atoms with Crippen LogP contribution >= 0.6 is 0 Å². The largest absolute Gasteiger partial charge is 0.493 e. The molecule has 4 N–H and O–H groups in total. The monoisotopic (exact) mass is 393 g/mol. The zero-order valence-corrected chi connectivity index (χ0v) is 16.3. The summed E-state index contributed by atoms with van der Waals surface area (Å²) in [6.07, 6.45) is 2.09. The molecule has 2 aliphatic heterocycles. The second kappa shape index (κ2) is 7.78. The van der Waals surface area contributed by atoms with E-state index < -0.39 is 0 Å². The lowest BCUT2D eigenvalue weighted by Crippen LogP contribution is -2.44. The molecule has 1 amide bonds. The fraction of sp³-hybridized carbons (Fsp3) is 0.435.